The molecule has 1 aliphatic carbocycles. The molecule has 0 saturated heterocycles. The van der Waals surface area contributed by atoms with E-state index >= 15 is 0 Å². The van der Waals surface area contributed by atoms with E-state index in [1.54, 1.807) is 12.1 Å². The Labute approximate surface area is 113 Å². The summed E-state index contributed by atoms with van der Waals surface area (Å²) in [6, 6.07) is 4.83. The Kier molecular flexibility index (Phi) is 3.90. The zero-order valence-electron chi connectivity index (χ0n) is 11.5. The van der Waals surface area contributed by atoms with Crippen molar-refractivity contribution in [3.63, 3.8) is 0 Å². The second kappa shape index (κ2) is 5.29. The second-order valence-corrected chi connectivity index (χ2v) is 5.98. The van der Waals surface area contributed by atoms with Crippen LogP contribution in [0.5, 0.6) is 0 Å². The van der Waals surface area contributed by atoms with E-state index in [9.17, 15) is 9.18 Å². The Morgan fingerprint density at radius 1 is 1.53 bits per heavy atom. The number of carbonyl (C=O) groups is 1. The van der Waals surface area contributed by atoms with Crippen LogP contribution >= 0.6 is 0 Å². The van der Waals surface area contributed by atoms with Crippen molar-refractivity contribution in [2.75, 3.05) is 0 Å². The third kappa shape index (κ3) is 3.13. The predicted molar refractivity (Wildman–Crippen MR) is 73.2 cm³/mol. The molecule has 1 aliphatic rings. The summed E-state index contributed by atoms with van der Waals surface area (Å²) in [5.74, 6) is -0.977. The summed E-state index contributed by atoms with van der Waals surface area (Å²) in [4.78, 5) is 11.0. The Morgan fingerprint density at radius 2 is 2.26 bits per heavy atom. The van der Waals surface area contributed by atoms with Crippen molar-refractivity contribution < 1.29 is 9.18 Å². The lowest BCUT2D eigenvalue weighted by Gasteiger charge is -2.28. The Balaban J connectivity index is 2.02. The van der Waals surface area contributed by atoms with Gasteiger partial charge in [-0.25, -0.2) is 4.39 Å². The molecule has 3 N–H and O–H groups in total. The highest BCUT2D eigenvalue weighted by Crippen LogP contribution is 2.37. The number of benzene rings is 1. The molecule has 0 aliphatic heterocycles. The summed E-state index contributed by atoms with van der Waals surface area (Å²) < 4.78 is 13.8. The van der Waals surface area contributed by atoms with Crippen LogP contribution in [-0.2, 0) is 6.54 Å². The van der Waals surface area contributed by atoms with Gasteiger partial charge in [-0.05, 0) is 30.4 Å². The number of hydrogen-bond donors (Lipinski definition) is 2. The van der Waals surface area contributed by atoms with Gasteiger partial charge in [0.2, 0.25) is 5.91 Å². The van der Waals surface area contributed by atoms with Crippen molar-refractivity contribution in [1.29, 1.82) is 0 Å². The Hall–Kier alpha value is -1.42. The molecule has 0 aromatic heterocycles. The summed E-state index contributed by atoms with van der Waals surface area (Å²) in [5, 5.41) is 3.42. The molecule has 1 unspecified atom stereocenters. The number of carbonyl (C=O) groups excluding carboxylic acids is 1. The summed E-state index contributed by atoms with van der Waals surface area (Å²) >= 11 is 0. The van der Waals surface area contributed by atoms with Gasteiger partial charge in [0.25, 0.3) is 0 Å². The number of primary amides is 1. The molecule has 19 heavy (non-hydrogen) atoms. The average molecular weight is 264 g/mol. The second-order valence-electron chi connectivity index (χ2n) is 5.98. The van der Waals surface area contributed by atoms with Crippen LogP contribution in [0.15, 0.2) is 18.2 Å². The predicted octanol–water partition coefficient (Wildman–Crippen LogP) is 2.59. The lowest BCUT2D eigenvalue weighted by atomic mass is 9.87. The van der Waals surface area contributed by atoms with Gasteiger partial charge in [0.1, 0.15) is 5.82 Å². The number of rotatable bonds is 4. The molecule has 1 aromatic carbocycles. The van der Waals surface area contributed by atoms with Crippen LogP contribution in [0.25, 0.3) is 0 Å². The van der Waals surface area contributed by atoms with Gasteiger partial charge in [0.05, 0.1) is 0 Å². The van der Waals surface area contributed by atoms with E-state index in [1.165, 1.54) is 18.9 Å². The molecule has 104 valence electrons. The summed E-state index contributed by atoms with van der Waals surface area (Å²) in [5.41, 5.74) is 6.18. The molecular weight excluding hydrogens is 243 g/mol. The fourth-order valence-corrected chi connectivity index (χ4v) is 2.78. The van der Waals surface area contributed by atoms with Gasteiger partial charge in [-0.15, -0.1) is 0 Å². The van der Waals surface area contributed by atoms with Crippen molar-refractivity contribution in [2.45, 2.75) is 45.7 Å². The number of amides is 1. The van der Waals surface area contributed by atoms with Crippen LogP contribution in [0.1, 0.15) is 49.0 Å². The van der Waals surface area contributed by atoms with Gasteiger partial charge < -0.3 is 11.1 Å². The molecule has 4 heteroatoms. The summed E-state index contributed by atoms with van der Waals surface area (Å²) in [7, 11) is 0. The minimum Gasteiger partial charge on any atom is -0.366 e. The van der Waals surface area contributed by atoms with E-state index < -0.39 is 5.91 Å². The molecule has 1 aromatic rings. The highest BCUT2D eigenvalue weighted by molar-refractivity contribution is 5.92. The maximum absolute atomic E-state index is 13.8. The van der Waals surface area contributed by atoms with Crippen LogP contribution in [0.3, 0.4) is 0 Å². The molecule has 1 fully saturated rings. The monoisotopic (exact) mass is 264 g/mol. The minimum atomic E-state index is -0.602. The number of halogens is 1. The van der Waals surface area contributed by atoms with Crippen LogP contribution in [-0.4, -0.2) is 11.9 Å². The largest absolute Gasteiger partial charge is 0.366 e. The van der Waals surface area contributed by atoms with E-state index in [2.05, 4.69) is 19.2 Å². The van der Waals surface area contributed by atoms with Gasteiger partial charge in [0, 0.05) is 23.7 Å². The van der Waals surface area contributed by atoms with E-state index in [4.69, 9.17) is 5.73 Å². The molecule has 0 heterocycles. The molecule has 0 bridgehead atoms. The van der Waals surface area contributed by atoms with Gasteiger partial charge in [-0.2, -0.15) is 0 Å². The molecule has 1 saturated carbocycles. The zero-order valence-corrected chi connectivity index (χ0v) is 11.5. The normalized spacial score (nSPS) is 21.5. The van der Waals surface area contributed by atoms with Gasteiger partial charge >= 0.3 is 0 Å². The number of nitrogens with two attached hydrogens (primary N) is 1. The standard InChI is InChI=1S/C15H21FN2O/c1-15(2)7-3-4-13(15)18-9-11-6-5-10(14(17)19)8-12(11)16/h5-6,8,13,18H,3-4,7,9H2,1-2H3,(H2,17,19). The SMILES string of the molecule is CC1(C)CCCC1NCc1ccc(C(N)=O)cc1F. The van der Waals surface area contributed by atoms with E-state index in [1.807, 2.05) is 0 Å². The lowest BCUT2D eigenvalue weighted by molar-refractivity contribution is 0.1000. The number of nitrogens with one attached hydrogen (secondary N) is 1. The fraction of sp³-hybridized carbons (Fsp3) is 0.533. The first-order valence-electron chi connectivity index (χ1n) is 6.72. The molecule has 3 nitrogen and oxygen atoms in total. The Morgan fingerprint density at radius 3 is 2.79 bits per heavy atom. The zero-order chi connectivity index (χ0) is 14.0. The van der Waals surface area contributed by atoms with Crippen LogP contribution in [0.2, 0.25) is 0 Å². The first-order chi connectivity index (χ1) is 8.90. The first-order valence-corrected chi connectivity index (χ1v) is 6.72. The highest BCUT2D eigenvalue weighted by atomic mass is 19.1. The van der Waals surface area contributed by atoms with Crippen LogP contribution in [0.4, 0.5) is 4.39 Å². The first kappa shape index (κ1) is 14.0. The average Bonchev–Trinajstić information content (AvgIpc) is 2.66. The number of hydrogen-bond acceptors (Lipinski definition) is 2. The molecule has 0 radical (unpaired) electrons. The van der Waals surface area contributed by atoms with Crippen molar-refractivity contribution in [3.05, 3.63) is 35.1 Å². The summed E-state index contributed by atoms with van der Waals surface area (Å²) in [6.45, 7) is 4.97. The maximum Gasteiger partial charge on any atom is 0.248 e. The lowest BCUT2D eigenvalue weighted by Crippen LogP contribution is -2.37. The molecule has 2 rings (SSSR count). The fourth-order valence-electron chi connectivity index (χ4n) is 2.78. The van der Waals surface area contributed by atoms with Gasteiger partial charge in [-0.1, -0.05) is 26.3 Å². The molecule has 0 spiro atoms. The highest BCUT2D eigenvalue weighted by Gasteiger charge is 2.33. The maximum atomic E-state index is 13.8. The van der Waals surface area contributed by atoms with Gasteiger partial charge in [0.15, 0.2) is 0 Å². The van der Waals surface area contributed by atoms with E-state index in [0.29, 0.717) is 18.2 Å². The quantitative estimate of drug-likeness (QED) is 0.878. The van der Waals surface area contributed by atoms with Crippen LogP contribution in [0, 0.1) is 11.2 Å². The minimum absolute atomic E-state index is 0.211. The smallest absolute Gasteiger partial charge is 0.248 e. The van der Waals surface area contributed by atoms with E-state index in [-0.39, 0.29) is 16.8 Å². The summed E-state index contributed by atoms with van der Waals surface area (Å²) in [6.07, 6.45) is 3.55. The van der Waals surface area contributed by atoms with Gasteiger partial charge in [-0.3, -0.25) is 4.79 Å². The van der Waals surface area contributed by atoms with Crippen molar-refractivity contribution in [1.82, 2.24) is 5.32 Å². The Bertz CT molecular complexity index is 485. The van der Waals surface area contributed by atoms with Crippen LogP contribution < -0.4 is 11.1 Å². The third-order valence-electron chi connectivity index (χ3n) is 4.13. The third-order valence-corrected chi connectivity index (χ3v) is 4.13. The molecule has 1 atom stereocenters. The molecular formula is C15H21FN2O. The van der Waals surface area contributed by atoms with Crippen molar-refractivity contribution >= 4 is 5.91 Å². The topological polar surface area (TPSA) is 55.1 Å². The van der Waals surface area contributed by atoms with Crippen molar-refractivity contribution in [2.24, 2.45) is 11.1 Å². The van der Waals surface area contributed by atoms with Crippen molar-refractivity contribution in [3.8, 4) is 0 Å². The van der Waals surface area contributed by atoms with E-state index in [0.717, 1.165) is 6.42 Å². The molecule has 1 amide bonds.